The van der Waals surface area contributed by atoms with Crippen molar-refractivity contribution in [3.8, 4) is 11.1 Å². The smallest absolute Gasteiger partial charge is 0.251 e. The van der Waals surface area contributed by atoms with Gasteiger partial charge in [0, 0.05) is 36.1 Å². The number of halogens is 1. The molecule has 0 saturated heterocycles. The molecular formula is C28H22ClN5O2. The molecule has 0 aliphatic heterocycles. The van der Waals surface area contributed by atoms with Gasteiger partial charge in [-0.1, -0.05) is 41.9 Å². The quantitative estimate of drug-likeness (QED) is 0.385. The summed E-state index contributed by atoms with van der Waals surface area (Å²) < 4.78 is 5.14. The zero-order valence-electron chi connectivity index (χ0n) is 19.6. The zero-order chi connectivity index (χ0) is 25.0. The SMILES string of the molecule is Cn1cncc1C(O)(c1ccc2c(c1)c(-c1cccc(Cl)c1)cc(=O)n2C)n1cnc2ccccc21. The van der Waals surface area contributed by atoms with Gasteiger partial charge in [-0.2, -0.15) is 0 Å². The maximum absolute atomic E-state index is 12.8. The molecule has 7 nitrogen and oxygen atoms in total. The summed E-state index contributed by atoms with van der Waals surface area (Å²) in [6.45, 7) is 0. The van der Waals surface area contributed by atoms with Crippen molar-refractivity contribution in [2.24, 2.45) is 14.1 Å². The molecule has 6 aromatic rings. The average molecular weight is 496 g/mol. The second-order valence-electron chi connectivity index (χ2n) is 8.86. The number of para-hydroxylation sites is 2. The van der Waals surface area contributed by atoms with E-state index in [-0.39, 0.29) is 5.56 Å². The molecule has 0 amide bonds. The van der Waals surface area contributed by atoms with Crippen LogP contribution in [0.4, 0.5) is 0 Å². The van der Waals surface area contributed by atoms with Crippen molar-refractivity contribution < 1.29 is 5.11 Å². The van der Waals surface area contributed by atoms with E-state index in [1.54, 1.807) is 51.7 Å². The van der Waals surface area contributed by atoms with Gasteiger partial charge in [0.15, 0.2) is 0 Å². The molecule has 3 aromatic heterocycles. The number of aryl methyl sites for hydroxylation is 2. The number of imidazole rings is 2. The van der Waals surface area contributed by atoms with Crippen LogP contribution in [-0.2, 0) is 19.8 Å². The summed E-state index contributed by atoms with van der Waals surface area (Å²) in [5.74, 6) is 0. The largest absolute Gasteiger partial charge is 0.362 e. The third-order valence-corrected chi connectivity index (χ3v) is 7.00. The molecule has 1 atom stereocenters. The highest BCUT2D eigenvalue weighted by Gasteiger charge is 2.38. The standard InChI is InChI=1S/C28H22ClN5O2/c1-32-16-30-15-26(32)28(36,34-17-31-23-8-3-4-9-25(23)34)19-10-11-24-22(13-19)21(14-27(35)33(24)2)18-6-5-7-20(29)12-18/h3-17,36H,1-2H3. The molecule has 8 heteroatoms. The van der Waals surface area contributed by atoms with Crippen LogP contribution in [0.15, 0.2) is 96.4 Å². The van der Waals surface area contributed by atoms with Crippen molar-refractivity contribution in [3.63, 3.8) is 0 Å². The van der Waals surface area contributed by atoms with Crippen LogP contribution in [0.25, 0.3) is 33.1 Å². The Bertz CT molecular complexity index is 1830. The molecule has 0 aliphatic carbocycles. The highest BCUT2D eigenvalue weighted by Crippen LogP contribution is 2.37. The number of aliphatic hydroxyl groups is 1. The van der Waals surface area contributed by atoms with E-state index in [2.05, 4.69) is 9.97 Å². The van der Waals surface area contributed by atoms with Crippen molar-refractivity contribution in [3.05, 3.63) is 118 Å². The van der Waals surface area contributed by atoms with Crippen molar-refractivity contribution in [1.29, 1.82) is 0 Å². The summed E-state index contributed by atoms with van der Waals surface area (Å²) in [6.07, 6.45) is 4.94. The van der Waals surface area contributed by atoms with Crippen LogP contribution in [0.1, 0.15) is 11.3 Å². The lowest BCUT2D eigenvalue weighted by molar-refractivity contribution is 0.0455. The Balaban J connectivity index is 1.70. The molecule has 0 aliphatic rings. The first-order chi connectivity index (χ1) is 17.4. The number of nitrogens with zero attached hydrogens (tertiary/aromatic N) is 5. The second kappa shape index (κ2) is 8.19. The third kappa shape index (κ3) is 3.28. The Morgan fingerprint density at radius 3 is 2.53 bits per heavy atom. The molecule has 0 fully saturated rings. The van der Waals surface area contributed by atoms with Gasteiger partial charge in [-0.3, -0.25) is 9.36 Å². The summed E-state index contributed by atoms with van der Waals surface area (Å²) in [7, 11) is 3.58. The van der Waals surface area contributed by atoms with Gasteiger partial charge >= 0.3 is 0 Å². The Morgan fingerprint density at radius 1 is 0.917 bits per heavy atom. The summed E-state index contributed by atoms with van der Waals surface area (Å²) in [4.78, 5) is 21.6. The van der Waals surface area contributed by atoms with E-state index in [9.17, 15) is 9.90 Å². The van der Waals surface area contributed by atoms with Gasteiger partial charge in [-0.25, -0.2) is 9.97 Å². The summed E-state index contributed by atoms with van der Waals surface area (Å²) in [5.41, 5.74) is 3.24. The number of rotatable bonds is 4. The van der Waals surface area contributed by atoms with Gasteiger partial charge in [0.25, 0.3) is 5.56 Å². The number of hydrogen-bond donors (Lipinski definition) is 1. The van der Waals surface area contributed by atoms with Gasteiger partial charge in [-0.15, -0.1) is 0 Å². The predicted molar refractivity (Wildman–Crippen MR) is 141 cm³/mol. The lowest BCUT2D eigenvalue weighted by Crippen LogP contribution is -2.37. The minimum absolute atomic E-state index is 0.132. The fraction of sp³-hybridized carbons (Fsp3) is 0.107. The highest BCUT2D eigenvalue weighted by atomic mass is 35.5. The molecule has 1 N–H and O–H groups in total. The van der Waals surface area contributed by atoms with Crippen molar-refractivity contribution in [1.82, 2.24) is 23.7 Å². The number of pyridine rings is 1. The zero-order valence-corrected chi connectivity index (χ0v) is 20.4. The van der Waals surface area contributed by atoms with Crippen LogP contribution in [0.5, 0.6) is 0 Å². The van der Waals surface area contributed by atoms with E-state index >= 15 is 0 Å². The minimum atomic E-state index is -1.63. The Kier molecular flexibility index (Phi) is 5.07. The average Bonchev–Trinajstić information content (AvgIpc) is 3.52. The van der Waals surface area contributed by atoms with Crippen LogP contribution in [-0.4, -0.2) is 28.8 Å². The van der Waals surface area contributed by atoms with E-state index in [1.165, 1.54) is 0 Å². The summed E-state index contributed by atoms with van der Waals surface area (Å²) in [6, 6.07) is 22.3. The number of fused-ring (bicyclic) bond motifs is 2. The summed E-state index contributed by atoms with van der Waals surface area (Å²) >= 11 is 6.29. The number of aromatic nitrogens is 5. The van der Waals surface area contributed by atoms with Crippen LogP contribution in [0, 0.1) is 0 Å². The van der Waals surface area contributed by atoms with Gasteiger partial charge in [0.2, 0.25) is 5.72 Å². The first kappa shape index (κ1) is 22.3. The molecule has 3 aromatic carbocycles. The van der Waals surface area contributed by atoms with Gasteiger partial charge in [0.05, 0.1) is 41.1 Å². The lowest BCUT2D eigenvalue weighted by atomic mass is 9.93. The molecule has 178 valence electrons. The molecule has 0 bridgehead atoms. The normalized spacial score (nSPS) is 13.3. The molecule has 1 unspecified atom stereocenters. The first-order valence-corrected chi connectivity index (χ1v) is 11.8. The van der Waals surface area contributed by atoms with E-state index in [0.29, 0.717) is 16.3 Å². The molecule has 3 heterocycles. The predicted octanol–water partition coefficient (Wildman–Crippen LogP) is 4.68. The minimum Gasteiger partial charge on any atom is -0.362 e. The van der Waals surface area contributed by atoms with Gasteiger partial charge in [-0.05, 0) is 47.5 Å². The van der Waals surface area contributed by atoms with Crippen LogP contribution in [0.2, 0.25) is 5.02 Å². The monoisotopic (exact) mass is 495 g/mol. The van der Waals surface area contributed by atoms with Crippen molar-refractivity contribution >= 4 is 33.5 Å². The van der Waals surface area contributed by atoms with Crippen LogP contribution >= 0.6 is 11.6 Å². The fourth-order valence-corrected chi connectivity index (χ4v) is 5.08. The van der Waals surface area contributed by atoms with Crippen LogP contribution in [0.3, 0.4) is 0 Å². The second-order valence-corrected chi connectivity index (χ2v) is 9.30. The Labute approximate surface area is 211 Å². The number of benzene rings is 3. The molecule has 0 spiro atoms. The van der Waals surface area contributed by atoms with E-state index in [1.807, 2.05) is 67.7 Å². The first-order valence-electron chi connectivity index (χ1n) is 11.4. The van der Waals surface area contributed by atoms with Crippen LogP contribution < -0.4 is 5.56 Å². The van der Waals surface area contributed by atoms with E-state index in [4.69, 9.17) is 11.6 Å². The maximum Gasteiger partial charge on any atom is 0.251 e. The Hall–Kier alpha value is -4.20. The lowest BCUT2D eigenvalue weighted by Gasteiger charge is -2.31. The maximum atomic E-state index is 12.8. The van der Waals surface area contributed by atoms with E-state index < -0.39 is 5.72 Å². The van der Waals surface area contributed by atoms with Gasteiger partial charge in [0.1, 0.15) is 0 Å². The molecule has 0 saturated carbocycles. The third-order valence-electron chi connectivity index (χ3n) is 6.76. The molecule has 6 rings (SSSR count). The van der Waals surface area contributed by atoms with Crippen molar-refractivity contribution in [2.75, 3.05) is 0 Å². The topological polar surface area (TPSA) is 77.9 Å². The Morgan fingerprint density at radius 2 is 1.75 bits per heavy atom. The molecule has 36 heavy (non-hydrogen) atoms. The van der Waals surface area contributed by atoms with Gasteiger partial charge < -0.3 is 14.2 Å². The number of hydrogen-bond acceptors (Lipinski definition) is 4. The van der Waals surface area contributed by atoms with E-state index in [0.717, 1.165) is 33.1 Å². The molecular weight excluding hydrogens is 474 g/mol. The molecule has 0 radical (unpaired) electrons. The highest BCUT2D eigenvalue weighted by molar-refractivity contribution is 6.30. The summed E-state index contributed by atoms with van der Waals surface area (Å²) in [5, 5.41) is 13.9. The fourth-order valence-electron chi connectivity index (χ4n) is 4.89. The van der Waals surface area contributed by atoms with Crippen molar-refractivity contribution in [2.45, 2.75) is 5.72 Å².